The Balaban J connectivity index is 2.02. The van der Waals surface area contributed by atoms with E-state index in [1.165, 1.54) is 19.3 Å². The van der Waals surface area contributed by atoms with Crippen LogP contribution in [-0.2, 0) is 4.74 Å². The first kappa shape index (κ1) is 8.02. The van der Waals surface area contributed by atoms with E-state index in [2.05, 4.69) is 0 Å². The first-order valence-electron chi connectivity index (χ1n) is 4.09. The summed E-state index contributed by atoms with van der Waals surface area (Å²) in [5, 5.41) is 0. The fourth-order valence-corrected chi connectivity index (χ4v) is 1.36. The molecule has 0 amide bonds. The lowest BCUT2D eigenvalue weighted by Gasteiger charge is -2.30. The van der Waals surface area contributed by atoms with Crippen LogP contribution >= 0.6 is 0 Å². The zero-order valence-electron chi connectivity index (χ0n) is 6.68. The number of methoxy groups -OCH3 is 1. The second-order valence-electron chi connectivity index (χ2n) is 3.14. The molecule has 1 atom stereocenters. The van der Waals surface area contributed by atoms with Crippen molar-refractivity contribution in [2.45, 2.75) is 31.7 Å². The minimum Gasteiger partial charge on any atom is -0.385 e. The molecule has 1 aliphatic carbocycles. The summed E-state index contributed by atoms with van der Waals surface area (Å²) in [5.41, 5.74) is 5.89. The molecule has 2 nitrogen and oxygen atoms in total. The van der Waals surface area contributed by atoms with Gasteiger partial charge in [-0.2, -0.15) is 0 Å². The van der Waals surface area contributed by atoms with Crippen LogP contribution < -0.4 is 5.73 Å². The largest absolute Gasteiger partial charge is 0.385 e. The molecule has 0 radical (unpaired) electrons. The monoisotopic (exact) mass is 143 g/mol. The average Bonchev–Trinajstić information content (AvgIpc) is 1.79. The molecule has 0 aromatic carbocycles. The van der Waals surface area contributed by atoms with Crippen LogP contribution in [0, 0.1) is 5.92 Å². The van der Waals surface area contributed by atoms with E-state index >= 15 is 0 Å². The Hall–Kier alpha value is -0.0800. The molecule has 60 valence electrons. The summed E-state index contributed by atoms with van der Waals surface area (Å²) in [4.78, 5) is 0. The first-order valence-corrected chi connectivity index (χ1v) is 4.09. The molecule has 0 saturated heterocycles. The fraction of sp³-hybridized carbons (Fsp3) is 1.00. The lowest BCUT2D eigenvalue weighted by atomic mass is 9.79. The van der Waals surface area contributed by atoms with Gasteiger partial charge in [0.1, 0.15) is 0 Å². The molecule has 0 aliphatic heterocycles. The third-order valence-corrected chi connectivity index (χ3v) is 2.41. The van der Waals surface area contributed by atoms with Crippen molar-refractivity contribution in [3.63, 3.8) is 0 Å². The van der Waals surface area contributed by atoms with E-state index in [-0.39, 0.29) is 0 Å². The van der Waals surface area contributed by atoms with Crippen molar-refractivity contribution < 1.29 is 4.74 Å². The smallest absolute Gasteiger partial charge is 0.0477 e. The summed E-state index contributed by atoms with van der Waals surface area (Å²) in [5.74, 6) is 0.801. The van der Waals surface area contributed by atoms with E-state index in [1.807, 2.05) is 0 Å². The highest BCUT2D eigenvalue weighted by atomic mass is 16.5. The van der Waals surface area contributed by atoms with Crippen molar-refractivity contribution in [2.75, 3.05) is 13.7 Å². The van der Waals surface area contributed by atoms with Crippen molar-refractivity contribution in [3.05, 3.63) is 0 Å². The summed E-state index contributed by atoms with van der Waals surface area (Å²) in [6, 6.07) is 0.397. The van der Waals surface area contributed by atoms with E-state index in [4.69, 9.17) is 10.5 Å². The van der Waals surface area contributed by atoms with Crippen molar-refractivity contribution in [3.8, 4) is 0 Å². The Kier molecular flexibility index (Phi) is 3.16. The van der Waals surface area contributed by atoms with Crippen LogP contribution in [0.2, 0.25) is 0 Å². The van der Waals surface area contributed by atoms with Gasteiger partial charge in [-0.25, -0.2) is 0 Å². The van der Waals surface area contributed by atoms with Crippen LogP contribution in [0.15, 0.2) is 0 Å². The summed E-state index contributed by atoms with van der Waals surface area (Å²) in [7, 11) is 1.73. The van der Waals surface area contributed by atoms with Gasteiger partial charge in [0.2, 0.25) is 0 Å². The third kappa shape index (κ3) is 1.96. The second kappa shape index (κ2) is 3.94. The van der Waals surface area contributed by atoms with Gasteiger partial charge >= 0.3 is 0 Å². The molecule has 1 aliphatic rings. The standard InChI is InChI=1S/C8H17NO/c1-10-6-5-8(9)7-3-2-4-7/h7-8H,2-6,9H2,1H3. The Bertz CT molecular complexity index is 91.3. The zero-order valence-corrected chi connectivity index (χ0v) is 6.68. The van der Waals surface area contributed by atoms with Crippen molar-refractivity contribution >= 4 is 0 Å². The number of hydrogen-bond donors (Lipinski definition) is 1. The molecule has 10 heavy (non-hydrogen) atoms. The second-order valence-corrected chi connectivity index (χ2v) is 3.14. The predicted octanol–water partition coefficient (Wildman–Crippen LogP) is 1.15. The third-order valence-electron chi connectivity index (χ3n) is 2.41. The predicted molar refractivity (Wildman–Crippen MR) is 41.8 cm³/mol. The van der Waals surface area contributed by atoms with E-state index in [1.54, 1.807) is 7.11 Å². The topological polar surface area (TPSA) is 35.2 Å². The van der Waals surface area contributed by atoms with Gasteiger partial charge in [-0.15, -0.1) is 0 Å². The number of ether oxygens (including phenoxy) is 1. The molecule has 1 fully saturated rings. The summed E-state index contributed by atoms with van der Waals surface area (Å²) >= 11 is 0. The Labute approximate surface area is 62.7 Å². The maximum absolute atomic E-state index is 5.89. The van der Waals surface area contributed by atoms with E-state index in [0.717, 1.165) is 18.9 Å². The molecular weight excluding hydrogens is 126 g/mol. The zero-order chi connectivity index (χ0) is 7.40. The summed E-state index contributed by atoms with van der Waals surface area (Å²) in [6.07, 6.45) is 5.09. The van der Waals surface area contributed by atoms with E-state index < -0.39 is 0 Å². The lowest BCUT2D eigenvalue weighted by molar-refractivity contribution is 0.161. The fourth-order valence-electron chi connectivity index (χ4n) is 1.36. The van der Waals surface area contributed by atoms with Crippen LogP contribution in [0.25, 0.3) is 0 Å². The van der Waals surface area contributed by atoms with Crippen LogP contribution in [0.5, 0.6) is 0 Å². The van der Waals surface area contributed by atoms with E-state index in [0.29, 0.717) is 6.04 Å². The maximum Gasteiger partial charge on any atom is 0.0477 e. The minimum atomic E-state index is 0.397. The highest BCUT2D eigenvalue weighted by molar-refractivity contribution is 4.79. The minimum absolute atomic E-state index is 0.397. The van der Waals surface area contributed by atoms with Crippen molar-refractivity contribution in [2.24, 2.45) is 11.7 Å². The van der Waals surface area contributed by atoms with Gasteiger partial charge in [-0.3, -0.25) is 0 Å². The number of rotatable bonds is 4. The molecule has 0 spiro atoms. The number of hydrogen-bond acceptors (Lipinski definition) is 2. The maximum atomic E-state index is 5.89. The molecular formula is C8H17NO. The molecule has 1 unspecified atom stereocenters. The molecule has 0 heterocycles. The normalized spacial score (nSPS) is 22.2. The highest BCUT2D eigenvalue weighted by Gasteiger charge is 2.23. The lowest BCUT2D eigenvalue weighted by Crippen LogP contribution is -2.35. The number of nitrogens with two attached hydrogens (primary N) is 1. The van der Waals surface area contributed by atoms with Crippen LogP contribution in [-0.4, -0.2) is 19.8 Å². The Morgan fingerprint density at radius 2 is 2.30 bits per heavy atom. The van der Waals surface area contributed by atoms with Gasteiger partial charge in [0, 0.05) is 19.8 Å². The molecule has 1 saturated carbocycles. The van der Waals surface area contributed by atoms with E-state index in [9.17, 15) is 0 Å². The molecule has 0 aromatic heterocycles. The van der Waals surface area contributed by atoms with Gasteiger partial charge in [0.25, 0.3) is 0 Å². The summed E-state index contributed by atoms with van der Waals surface area (Å²) < 4.78 is 4.95. The molecule has 0 bridgehead atoms. The molecule has 2 heteroatoms. The molecule has 0 aromatic rings. The van der Waals surface area contributed by atoms with Crippen LogP contribution in [0.3, 0.4) is 0 Å². The van der Waals surface area contributed by atoms with Gasteiger partial charge in [-0.05, 0) is 25.2 Å². The molecule has 1 rings (SSSR count). The SMILES string of the molecule is COCCC(N)C1CCC1. The van der Waals surface area contributed by atoms with Gasteiger partial charge in [-0.1, -0.05) is 6.42 Å². The average molecular weight is 143 g/mol. The Morgan fingerprint density at radius 1 is 1.60 bits per heavy atom. The van der Waals surface area contributed by atoms with Gasteiger partial charge < -0.3 is 10.5 Å². The van der Waals surface area contributed by atoms with Gasteiger partial charge in [0.15, 0.2) is 0 Å². The molecule has 2 N–H and O–H groups in total. The highest BCUT2D eigenvalue weighted by Crippen LogP contribution is 2.29. The van der Waals surface area contributed by atoms with Crippen molar-refractivity contribution in [1.82, 2.24) is 0 Å². The first-order chi connectivity index (χ1) is 4.84. The quantitative estimate of drug-likeness (QED) is 0.640. The summed E-state index contributed by atoms with van der Waals surface area (Å²) in [6.45, 7) is 0.817. The Morgan fingerprint density at radius 3 is 2.70 bits per heavy atom. The van der Waals surface area contributed by atoms with Crippen molar-refractivity contribution in [1.29, 1.82) is 0 Å². The van der Waals surface area contributed by atoms with Crippen LogP contribution in [0.4, 0.5) is 0 Å². The van der Waals surface area contributed by atoms with Crippen LogP contribution in [0.1, 0.15) is 25.7 Å². The van der Waals surface area contributed by atoms with Gasteiger partial charge in [0.05, 0.1) is 0 Å².